The molecule has 4 N–H and O–H groups in total. The van der Waals surface area contributed by atoms with Gasteiger partial charge in [-0.3, -0.25) is 10.6 Å². The van der Waals surface area contributed by atoms with E-state index < -0.39 is 23.8 Å². The van der Waals surface area contributed by atoms with Crippen molar-refractivity contribution >= 4 is 12.2 Å². The zero-order valence-corrected chi connectivity index (χ0v) is 26.4. The molecule has 7 heteroatoms. The van der Waals surface area contributed by atoms with Crippen molar-refractivity contribution in [3.05, 3.63) is 131 Å². The molecule has 1 aliphatic carbocycles. The fourth-order valence-electron chi connectivity index (χ4n) is 7.00. The molecule has 1 saturated carbocycles. The first-order chi connectivity index (χ1) is 22.4. The third kappa shape index (κ3) is 8.08. The van der Waals surface area contributed by atoms with E-state index in [1.807, 2.05) is 72.8 Å². The molecule has 5 rings (SSSR count). The second-order valence-corrected chi connectivity index (χ2v) is 12.3. The van der Waals surface area contributed by atoms with Gasteiger partial charge in [0.1, 0.15) is 11.5 Å². The van der Waals surface area contributed by atoms with Crippen LogP contribution in [0.3, 0.4) is 0 Å². The van der Waals surface area contributed by atoms with Crippen molar-refractivity contribution in [1.29, 1.82) is 0 Å². The molecule has 0 aliphatic heterocycles. The topological polar surface area (TPSA) is 108 Å². The molecule has 0 aromatic heterocycles. The number of benzene rings is 4. The molecule has 1 fully saturated rings. The van der Waals surface area contributed by atoms with E-state index in [1.54, 1.807) is 24.3 Å². The lowest BCUT2D eigenvalue weighted by Crippen LogP contribution is -2.61. The Morgan fingerprint density at radius 3 is 1.70 bits per heavy atom. The zero-order chi connectivity index (χ0) is 32.4. The largest absolute Gasteiger partial charge is 0.465 e. The minimum Gasteiger partial charge on any atom is -0.465 e. The van der Waals surface area contributed by atoms with E-state index >= 15 is 0 Å². The highest BCUT2D eigenvalue weighted by molar-refractivity contribution is 5.72. The highest BCUT2D eigenvalue weighted by Crippen LogP contribution is 2.42. The summed E-state index contributed by atoms with van der Waals surface area (Å²) in [6.45, 7) is 2.26. The number of carbonyl (C=O) groups is 2. The number of ether oxygens (including phenoxy) is 1. The van der Waals surface area contributed by atoms with Crippen LogP contribution in [0.4, 0.5) is 9.59 Å². The van der Waals surface area contributed by atoms with Gasteiger partial charge in [-0.25, -0.2) is 9.59 Å². The second kappa shape index (κ2) is 15.5. The molecule has 0 spiro atoms. The monoisotopic (exact) mass is 620 g/mol. The summed E-state index contributed by atoms with van der Waals surface area (Å²) in [5.41, 5.74) is 1.49. The molecule has 4 aromatic carbocycles. The van der Waals surface area contributed by atoms with Crippen molar-refractivity contribution in [1.82, 2.24) is 10.6 Å². The summed E-state index contributed by atoms with van der Waals surface area (Å²) in [5.74, 6) is 2.00. The van der Waals surface area contributed by atoms with Crippen LogP contribution in [0.15, 0.2) is 109 Å². The first kappa shape index (κ1) is 32.6. The van der Waals surface area contributed by atoms with Crippen LogP contribution < -0.4 is 15.4 Å². The molecule has 0 unspecified atom stereocenters. The van der Waals surface area contributed by atoms with Gasteiger partial charge in [-0.2, -0.15) is 0 Å². The second-order valence-electron chi connectivity index (χ2n) is 12.3. The minimum atomic E-state index is -1.75. The SMILES string of the molecule is CCCCCC1CCC(c2ccc(Oc3ccc(C(NC(=O)O)(NC(=O)O)C(c4ccccc4)c4ccccc4)cc3)cc2)CC1. The summed E-state index contributed by atoms with van der Waals surface area (Å²) in [6.07, 6.45) is 7.70. The first-order valence-electron chi connectivity index (χ1n) is 16.4. The number of rotatable bonds is 13. The summed E-state index contributed by atoms with van der Waals surface area (Å²) in [4.78, 5) is 24.6. The third-order valence-corrected chi connectivity index (χ3v) is 9.27. The van der Waals surface area contributed by atoms with Crippen molar-refractivity contribution in [2.75, 3.05) is 0 Å². The van der Waals surface area contributed by atoms with E-state index in [9.17, 15) is 19.8 Å². The Morgan fingerprint density at radius 2 is 1.22 bits per heavy atom. The minimum absolute atomic E-state index is 0.419. The van der Waals surface area contributed by atoms with Crippen molar-refractivity contribution in [2.24, 2.45) is 5.92 Å². The first-order valence-corrected chi connectivity index (χ1v) is 16.4. The third-order valence-electron chi connectivity index (χ3n) is 9.27. The van der Waals surface area contributed by atoms with Crippen LogP contribution in [0.1, 0.15) is 92.4 Å². The summed E-state index contributed by atoms with van der Waals surface area (Å²) >= 11 is 0. The molecule has 4 aromatic rings. The molecule has 1 aliphatic rings. The van der Waals surface area contributed by atoms with Crippen molar-refractivity contribution in [3.63, 3.8) is 0 Å². The van der Waals surface area contributed by atoms with Crippen LogP contribution in [0.5, 0.6) is 11.5 Å². The molecule has 0 atom stereocenters. The van der Waals surface area contributed by atoms with E-state index in [0.29, 0.717) is 23.0 Å². The van der Waals surface area contributed by atoms with Crippen LogP contribution in [0.2, 0.25) is 0 Å². The Kier molecular flexibility index (Phi) is 11.0. The van der Waals surface area contributed by atoms with Gasteiger partial charge in [0, 0.05) is 0 Å². The molecular weight excluding hydrogens is 576 g/mol. The Morgan fingerprint density at radius 1 is 0.717 bits per heavy atom. The van der Waals surface area contributed by atoms with Gasteiger partial charge in [-0.1, -0.05) is 118 Å². The predicted molar refractivity (Wildman–Crippen MR) is 181 cm³/mol. The maximum Gasteiger partial charge on any atom is 0.406 e. The van der Waals surface area contributed by atoms with Gasteiger partial charge in [0.2, 0.25) is 0 Å². The molecular formula is C39H44N2O5. The van der Waals surface area contributed by atoms with Gasteiger partial charge < -0.3 is 14.9 Å². The van der Waals surface area contributed by atoms with Crippen LogP contribution in [-0.4, -0.2) is 22.4 Å². The summed E-state index contributed by atoms with van der Waals surface area (Å²) < 4.78 is 6.18. The summed E-state index contributed by atoms with van der Waals surface area (Å²) in [6, 6.07) is 33.7. The van der Waals surface area contributed by atoms with Crippen LogP contribution in [-0.2, 0) is 5.66 Å². The number of nitrogens with one attached hydrogen (secondary N) is 2. The van der Waals surface area contributed by atoms with E-state index in [2.05, 4.69) is 29.7 Å². The average Bonchev–Trinajstić information content (AvgIpc) is 3.06. The highest BCUT2D eigenvalue weighted by atomic mass is 16.5. The molecule has 2 amide bonds. The maximum absolute atomic E-state index is 12.3. The number of hydrogen-bond acceptors (Lipinski definition) is 3. The molecule has 0 heterocycles. The average molecular weight is 621 g/mol. The smallest absolute Gasteiger partial charge is 0.406 e. The number of hydrogen-bond donors (Lipinski definition) is 4. The van der Waals surface area contributed by atoms with E-state index in [-0.39, 0.29) is 0 Å². The molecule has 240 valence electrons. The Balaban J connectivity index is 1.37. The Bertz CT molecular complexity index is 1480. The lowest BCUT2D eigenvalue weighted by molar-refractivity contribution is 0.143. The molecule has 0 radical (unpaired) electrons. The van der Waals surface area contributed by atoms with Gasteiger partial charge in [0.15, 0.2) is 5.66 Å². The fraction of sp³-hybridized carbons (Fsp3) is 0.333. The van der Waals surface area contributed by atoms with Gasteiger partial charge in [-0.15, -0.1) is 0 Å². The maximum atomic E-state index is 12.3. The molecule has 46 heavy (non-hydrogen) atoms. The van der Waals surface area contributed by atoms with Crippen LogP contribution in [0, 0.1) is 5.92 Å². The van der Waals surface area contributed by atoms with Gasteiger partial charge in [0.25, 0.3) is 0 Å². The van der Waals surface area contributed by atoms with Crippen molar-refractivity contribution in [3.8, 4) is 11.5 Å². The standard InChI is InChI=1S/C39H44N2O5/c1-2-3-6-11-28-16-18-29(19-17-28)30-20-24-34(25-21-30)46-35-26-22-33(23-27-35)39(40-37(42)43,41-38(44)45)36(31-12-7-4-8-13-31)32-14-9-5-10-15-32/h4-5,7-10,12-15,20-29,36,40-41H,2-3,6,11,16-19H2,1H3,(H,42,43)(H,44,45). The Labute approximate surface area is 271 Å². The zero-order valence-electron chi connectivity index (χ0n) is 26.4. The van der Waals surface area contributed by atoms with Crippen LogP contribution in [0.25, 0.3) is 0 Å². The lowest BCUT2D eigenvalue weighted by Gasteiger charge is -2.41. The number of amides is 2. The quantitative estimate of drug-likeness (QED) is 0.0879. The fourth-order valence-corrected chi connectivity index (χ4v) is 7.00. The van der Waals surface area contributed by atoms with Gasteiger partial charge in [-0.05, 0) is 84.0 Å². The summed E-state index contributed by atoms with van der Waals surface area (Å²) in [7, 11) is 0. The van der Waals surface area contributed by atoms with Crippen molar-refractivity contribution in [2.45, 2.75) is 75.8 Å². The molecule has 0 bridgehead atoms. The molecule has 7 nitrogen and oxygen atoms in total. The van der Waals surface area contributed by atoms with E-state index in [0.717, 1.165) is 17.0 Å². The van der Waals surface area contributed by atoms with Crippen molar-refractivity contribution < 1.29 is 24.5 Å². The van der Waals surface area contributed by atoms with E-state index in [1.165, 1.54) is 56.9 Å². The van der Waals surface area contributed by atoms with Gasteiger partial charge in [0.05, 0.1) is 5.92 Å². The lowest BCUT2D eigenvalue weighted by atomic mass is 9.76. The predicted octanol–water partition coefficient (Wildman–Crippen LogP) is 9.85. The van der Waals surface area contributed by atoms with Gasteiger partial charge >= 0.3 is 12.2 Å². The van der Waals surface area contributed by atoms with E-state index in [4.69, 9.17) is 4.74 Å². The van der Waals surface area contributed by atoms with Crippen LogP contribution >= 0.6 is 0 Å². The number of unbranched alkanes of at least 4 members (excludes halogenated alkanes) is 2. The number of carboxylic acid groups (broad SMARTS) is 2. The highest BCUT2D eigenvalue weighted by Gasteiger charge is 2.45. The Hall–Kier alpha value is -4.78. The molecule has 0 saturated heterocycles. The summed E-state index contributed by atoms with van der Waals surface area (Å²) in [5, 5.41) is 25.1. The normalized spacial score (nSPS) is 16.5.